The monoisotopic (exact) mass is 780 g/mol. The van der Waals surface area contributed by atoms with E-state index in [1.165, 1.54) is 141 Å². The number of carbonyl (C=O) groups excluding carboxylic acids is 1. The number of unbranched alkanes of at least 4 members (excludes halogenated alkanes) is 24. The maximum atomic E-state index is 12.4. The Balaban J connectivity index is 3.52. The predicted molar refractivity (Wildman–Crippen MR) is 248 cm³/mol. The number of hydrogen-bond donors (Lipinski definition) is 3. The number of carbonyl (C=O) groups is 1. The number of allylic oxidation sites excluding steroid dienone is 12. The molecule has 0 aliphatic carbocycles. The Morgan fingerprint density at radius 1 is 0.446 bits per heavy atom. The van der Waals surface area contributed by atoms with Crippen LogP contribution in [-0.2, 0) is 4.79 Å². The molecule has 0 heterocycles. The van der Waals surface area contributed by atoms with Crippen LogP contribution in [0.5, 0.6) is 0 Å². The second kappa shape index (κ2) is 47.2. The van der Waals surface area contributed by atoms with Gasteiger partial charge in [-0.15, -0.1) is 0 Å². The summed E-state index contributed by atoms with van der Waals surface area (Å²) >= 11 is 0. The molecule has 0 saturated carbocycles. The van der Waals surface area contributed by atoms with E-state index in [4.69, 9.17) is 0 Å². The minimum atomic E-state index is -0.662. The summed E-state index contributed by atoms with van der Waals surface area (Å²) in [4.78, 5) is 12.4. The van der Waals surface area contributed by atoms with Gasteiger partial charge in [-0.05, 0) is 64.2 Å². The molecule has 0 fully saturated rings. The van der Waals surface area contributed by atoms with Crippen LogP contribution in [0.3, 0.4) is 0 Å². The molecule has 0 radical (unpaired) electrons. The van der Waals surface area contributed by atoms with E-state index in [9.17, 15) is 15.0 Å². The van der Waals surface area contributed by atoms with Gasteiger partial charge in [-0.1, -0.05) is 234 Å². The van der Waals surface area contributed by atoms with E-state index < -0.39 is 12.1 Å². The van der Waals surface area contributed by atoms with Crippen LogP contribution in [0, 0.1) is 0 Å². The number of aliphatic hydroxyl groups excluding tert-OH is 2. The third-order valence-corrected chi connectivity index (χ3v) is 10.7. The molecule has 4 heteroatoms. The molecule has 2 atom stereocenters. The van der Waals surface area contributed by atoms with Crippen LogP contribution in [0.25, 0.3) is 0 Å². The molecule has 0 saturated heterocycles. The minimum absolute atomic E-state index is 0.0363. The molecule has 0 rings (SSSR count). The van der Waals surface area contributed by atoms with Crippen LogP contribution < -0.4 is 5.32 Å². The largest absolute Gasteiger partial charge is 0.394 e. The number of nitrogens with one attached hydrogen (secondary N) is 1. The van der Waals surface area contributed by atoms with Gasteiger partial charge in [-0.2, -0.15) is 0 Å². The molecule has 0 aromatic heterocycles. The number of aliphatic hydroxyl groups is 2. The van der Waals surface area contributed by atoms with Crippen molar-refractivity contribution in [3.8, 4) is 0 Å². The fraction of sp³-hybridized carbons (Fsp3) is 0.750. The molecule has 56 heavy (non-hydrogen) atoms. The Bertz CT molecular complexity index is 977. The van der Waals surface area contributed by atoms with Crippen LogP contribution in [0.1, 0.15) is 232 Å². The number of rotatable bonds is 43. The molecule has 0 spiro atoms. The maximum Gasteiger partial charge on any atom is 0.220 e. The number of amides is 1. The first kappa shape index (κ1) is 53.8. The standard InChI is InChI=1S/C52H93NO3/c1-3-5-7-9-11-13-15-17-18-19-20-21-22-23-24-25-26-27-28-29-30-31-32-33-34-36-38-40-42-44-46-48-52(56)53-50(49-54)51(55)47-45-43-41-39-37-35-16-14-12-10-8-6-4-2/h5,7,11,13,17-18,20-21,23-24,26-27,50-51,54-55H,3-4,6,8-10,12,14-16,19,22,25,28-49H2,1-2H3,(H,53,56)/b7-5-,13-11-,18-17-,21-20-,24-23-,27-26-. The summed E-state index contributed by atoms with van der Waals surface area (Å²) < 4.78 is 0. The van der Waals surface area contributed by atoms with Crippen molar-refractivity contribution in [2.45, 2.75) is 244 Å². The molecule has 0 aliphatic heterocycles. The van der Waals surface area contributed by atoms with E-state index in [0.29, 0.717) is 12.8 Å². The molecule has 4 nitrogen and oxygen atoms in total. The summed E-state index contributed by atoms with van der Waals surface area (Å²) in [6, 6.07) is -0.539. The Kier molecular flexibility index (Phi) is 45.4. The van der Waals surface area contributed by atoms with Gasteiger partial charge in [-0.3, -0.25) is 4.79 Å². The highest BCUT2D eigenvalue weighted by molar-refractivity contribution is 5.76. The summed E-state index contributed by atoms with van der Waals surface area (Å²) in [7, 11) is 0. The zero-order chi connectivity index (χ0) is 40.7. The highest BCUT2D eigenvalue weighted by Crippen LogP contribution is 2.16. The van der Waals surface area contributed by atoms with Crippen LogP contribution in [0.4, 0.5) is 0 Å². The summed E-state index contributed by atoms with van der Waals surface area (Å²) in [5.41, 5.74) is 0. The van der Waals surface area contributed by atoms with Crippen LogP contribution in [0.2, 0.25) is 0 Å². The van der Waals surface area contributed by atoms with Crippen molar-refractivity contribution in [1.29, 1.82) is 0 Å². The van der Waals surface area contributed by atoms with Crippen molar-refractivity contribution in [2.75, 3.05) is 6.61 Å². The average molecular weight is 780 g/mol. The smallest absolute Gasteiger partial charge is 0.220 e. The molecule has 0 aromatic carbocycles. The molecule has 2 unspecified atom stereocenters. The van der Waals surface area contributed by atoms with Crippen LogP contribution in [0.15, 0.2) is 72.9 Å². The fourth-order valence-electron chi connectivity index (χ4n) is 7.07. The highest BCUT2D eigenvalue weighted by atomic mass is 16.3. The van der Waals surface area contributed by atoms with E-state index in [1.54, 1.807) is 0 Å². The first-order valence-corrected chi connectivity index (χ1v) is 24.1. The average Bonchev–Trinajstić information content (AvgIpc) is 3.20. The predicted octanol–water partition coefficient (Wildman–Crippen LogP) is 15.5. The molecule has 0 aliphatic rings. The van der Waals surface area contributed by atoms with Gasteiger partial charge >= 0.3 is 0 Å². The van der Waals surface area contributed by atoms with E-state index in [0.717, 1.165) is 64.2 Å². The van der Waals surface area contributed by atoms with Crippen molar-refractivity contribution in [3.05, 3.63) is 72.9 Å². The summed E-state index contributed by atoms with van der Waals surface area (Å²) in [6.07, 6.45) is 67.1. The van der Waals surface area contributed by atoms with Gasteiger partial charge in [0.2, 0.25) is 5.91 Å². The molecule has 0 aromatic rings. The maximum absolute atomic E-state index is 12.4. The van der Waals surface area contributed by atoms with Gasteiger partial charge in [-0.25, -0.2) is 0 Å². The zero-order valence-corrected chi connectivity index (χ0v) is 37.1. The van der Waals surface area contributed by atoms with Crippen molar-refractivity contribution < 1.29 is 15.0 Å². The highest BCUT2D eigenvalue weighted by Gasteiger charge is 2.20. The van der Waals surface area contributed by atoms with E-state index in [2.05, 4.69) is 92.1 Å². The summed E-state index contributed by atoms with van der Waals surface area (Å²) in [6.45, 7) is 4.24. The summed E-state index contributed by atoms with van der Waals surface area (Å²) in [5.74, 6) is -0.0363. The molecular weight excluding hydrogens is 687 g/mol. The normalized spacial score (nSPS) is 13.6. The lowest BCUT2D eigenvalue weighted by Crippen LogP contribution is -2.45. The first-order chi connectivity index (χ1) is 27.7. The third-order valence-electron chi connectivity index (χ3n) is 10.7. The second-order valence-electron chi connectivity index (χ2n) is 16.2. The lowest BCUT2D eigenvalue weighted by Gasteiger charge is -2.22. The van der Waals surface area contributed by atoms with Gasteiger partial charge < -0.3 is 15.5 Å². The second-order valence-corrected chi connectivity index (χ2v) is 16.2. The fourth-order valence-corrected chi connectivity index (χ4v) is 7.07. The van der Waals surface area contributed by atoms with Crippen molar-refractivity contribution in [1.82, 2.24) is 5.32 Å². The van der Waals surface area contributed by atoms with Crippen molar-refractivity contribution >= 4 is 5.91 Å². The lowest BCUT2D eigenvalue weighted by atomic mass is 10.0. The number of hydrogen-bond acceptors (Lipinski definition) is 3. The Morgan fingerprint density at radius 2 is 0.786 bits per heavy atom. The quantitative estimate of drug-likeness (QED) is 0.0426. The van der Waals surface area contributed by atoms with Crippen LogP contribution >= 0.6 is 0 Å². The zero-order valence-electron chi connectivity index (χ0n) is 37.1. The Hall–Kier alpha value is -2.17. The lowest BCUT2D eigenvalue weighted by molar-refractivity contribution is -0.123. The molecular formula is C52H93NO3. The SMILES string of the molecule is CC/C=C\C/C=C\C/C=C\C/C=C\C/C=C\C/C=C\CCCCCCCCCCCCCCC(=O)NC(CO)C(O)CCCCCCCCCCCCCCC. The topological polar surface area (TPSA) is 69.6 Å². The Morgan fingerprint density at radius 3 is 1.18 bits per heavy atom. The van der Waals surface area contributed by atoms with Crippen molar-refractivity contribution in [2.24, 2.45) is 0 Å². The van der Waals surface area contributed by atoms with Gasteiger partial charge in [0, 0.05) is 6.42 Å². The van der Waals surface area contributed by atoms with Gasteiger partial charge in [0.1, 0.15) is 0 Å². The molecule has 3 N–H and O–H groups in total. The van der Waals surface area contributed by atoms with Crippen molar-refractivity contribution in [3.63, 3.8) is 0 Å². The van der Waals surface area contributed by atoms with Gasteiger partial charge in [0.25, 0.3) is 0 Å². The molecule has 0 bridgehead atoms. The van der Waals surface area contributed by atoms with Gasteiger partial charge in [0.05, 0.1) is 18.8 Å². The van der Waals surface area contributed by atoms with E-state index in [1.807, 2.05) is 0 Å². The third kappa shape index (κ3) is 43.0. The van der Waals surface area contributed by atoms with E-state index >= 15 is 0 Å². The minimum Gasteiger partial charge on any atom is -0.394 e. The Labute approximate surface area is 349 Å². The van der Waals surface area contributed by atoms with Gasteiger partial charge in [0.15, 0.2) is 0 Å². The van der Waals surface area contributed by atoms with Crippen LogP contribution in [-0.4, -0.2) is 34.9 Å². The molecule has 1 amide bonds. The molecule has 324 valence electrons. The first-order valence-electron chi connectivity index (χ1n) is 24.1. The summed E-state index contributed by atoms with van der Waals surface area (Å²) in [5, 5.41) is 23.2. The van der Waals surface area contributed by atoms with E-state index in [-0.39, 0.29) is 12.5 Å².